The van der Waals surface area contributed by atoms with Gasteiger partial charge in [-0.2, -0.15) is 0 Å². The highest BCUT2D eigenvalue weighted by atomic mass is 32.2. The van der Waals surface area contributed by atoms with Crippen molar-refractivity contribution in [3.8, 4) is 5.75 Å². The van der Waals surface area contributed by atoms with Gasteiger partial charge in [-0.15, -0.1) is 0 Å². The molecule has 1 fully saturated rings. The maximum absolute atomic E-state index is 12.5. The molecule has 0 saturated carbocycles. The smallest absolute Gasteiger partial charge is 0.240 e. The van der Waals surface area contributed by atoms with E-state index in [0.29, 0.717) is 31.2 Å². The molecule has 3 rings (SSSR count). The van der Waals surface area contributed by atoms with Gasteiger partial charge in [-0.3, -0.25) is 0 Å². The number of anilines is 1. The molecule has 0 spiro atoms. The Morgan fingerprint density at radius 3 is 2.31 bits per heavy atom. The molecule has 0 aromatic heterocycles. The summed E-state index contributed by atoms with van der Waals surface area (Å²) in [6.07, 6.45) is 0.637. The SMILES string of the molecule is CC(C)COc1ccc(S(=O)(=O)NCCc2ccc(N3CCOCC3)cc2)cc1. The highest BCUT2D eigenvalue weighted by molar-refractivity contribution is 7.89. The molecule has 0 amide bonds. The summed E-state index contributed by atoms with van der Waals surface area (Å²) in [5.74, 6) is 1.10. The van der Waals surface area contributed by atoms with Gasteiger partial charge in [-0.05, 0) is 54.3 Å². The lowest BCUT2D eigenvalue weighted by Gasteiger charge is -2.28. The summed E-state index contributed by atoms with van der Waals surface area (Å²) < 4.78 is 38.6. The van der Waals surface area contributed by atoms with Crippen molar-refractivity contribution in [3.63, 3.8) is 0 Å². The van der Waals surface area contributed by atoms with Crippen molar-refractivity contribution < 1.29 is 17.9 Å². The average molecular weight is 419 g/mol. The zero-order chi connectivity index (χ0) is 20.7. The molecule has 2 aromatic carbocycles. The number of morpholine rings is 1. The van der Waals surface area contributed by atoms with E-state index in [4.69, 9.17) is 9.47 Å². The number of hydrogen-bond donors (Lipinski definition) is 1. The van der Waals surface area contributed by atoms with E-state index in [1.165, 1.54) is 5.69 Å². The largest absolute Gasteiger partial charge is 0.493 e. The van der Waals surface area contributed by atoms with Crippen molar-refractivity contribution in [2.24, 2.45) is 5.92 Å². The first kappa shape index (κ1) is 21.6. The van der Waals surface area contributed by atoms with Crippen molar-refractivity contribution in [3.05, 3.63) is 54.1 Å². The minimum Gasteiger partial charge on any atom is -0.493 e. The first-order chi connectivity index (χ1) is 13.9. The monoisotopic (exact) mass is 418 g/mol. The van der Waals surface area contributed by atoms with Crippen molar-refractivity contribution in [2.75, 3.05) is 44.4 Å². The van der Waals surface area contributed by atoms with Crippen LogP contribution in [0.15, 0.2) is 53.4 Å². The van der Waals surface area contributed by atoms with Gasteiger partial charge in [0.2, 0.25) is 10.0 Å². The lowest BCUT2D eigenvalue weighted by molar-refractivity contribution is 0.122. The maximum Gasteiger partial charge on any atom is 0.240 e. The molecule has 1 aliphatic rings. The van der Waals surface area contributed by atoms with Gasteiger partial charge in [0, 0.05) is 25.3 Å². The van der Waals surface area contributed by atoms with Crippen LogP contribution in [0.4, 0.5) is 5.69 Å². The van der Waals surface area contributed by atoms with Crippen LogP contribution in [0.3, 0.4) is 0 Å². The fraction of sp³-hybridized carbons (Fsp3) is 0.455. The average Bonchev–Trinajstić information content (AvgIpc) is 2.73. The lowest BCUT2D eigenvalue weighted by atomic mass is 10.1. The van der Waals surface area contributed by atoms with E-state index < -0.39 is 10.0 Å². The molecule has 2 aromatic rings. The zero-order valence-corrected chi connectivity index (χ0v) is 18.0. The molecule has 1 heterocycles. The van der Waals surface area contributed by atoms with Crippen LogP contribution >= 0.6 is 0 Å². The van der Waals surface area contributed by atoms with E-state index >= 15 is 0 Å². The van der Waals surface area contributed by atoms with Gasteiger partial charge in [0.15, 0.2) is 0 Å². The molecule has 0 atom stereocenters. The predicted octanol–water partition coefficient (Wildman–Crippen LogP) is 3.08. The van der Waals surface area contributed by atoms with Gasteiger partial charge in [-0.25, -0.2) is 13.1 Å². The van der Waals surface area contributed by atoms with Crippen molar-refractivity contribution in [1.29, 1.82) is 0 Å². The molecule has 1 aliphatic heterocycles. The van der Waals surface area contributed by atoms with Gasteiger partial charge in [0.25, 0.3) is 0 Å². The van der Waals surface area contributed by atoms with Gasteiger partial charge < -0.3 is 14.4 Å². The van der Waals surface area contributed by atoms with Crippen molar-refractivity contribution >= 4 is 15.7 Å². The lowest BCUT2D eigenvalue weighted by Crippen LogP contribution is -2.36. The summed E-state index contributed by atoms with van der Waals surface area (Å²) in [4.78, 5) is 2.54. The van der Waals surface area contributed by atoms with Gasteiger partial charge in [-0.1, -0.05) is 26.0 Å². The Bertz CT molecular complexity index is 859. The minimum atomic E-state index is -3.53. The molecule has 0 unspecified atom stereocenters. The maximum atomic E-state index is 12.5. The van der Waals surface area contributed by atoms with Gasteiger partial charge in [0.1, 0.15) is 5.75 Å². The number of nitrogens with zero attached hydrogens (tertiary/aromatic N) is 1. The Kier molecular flexibility index (Phi) is 7.52. The molecular weight excluding hydrogens is 388 g/mol. The normalized spacial score (nSPS) is 14.9. The third kappa shape index (κ3) is 6.45. The summed E-state index contributed by atoms with van der Waals surface area (Å²) in [6, 6.07) is 14.8. The van der Waals surface area contributed by atoms with E-state index in [0.717, 1.165) is 31.9 Å². The number of rotatable bonds is 9. The second-order valence-corrected chi connectivity index (χ2v) is 9.36. The van der Waals surface area contributed by atoms with Crippen LogP contribution in [0.5, 0.6) is 5.75 Å². The zero-order valence-electron chi connectivity index (χ0n) is 17.1. The molecule has 0 bridgehead atoms. The third-order valence-electron chi connectivity index (χ3n) is 4.74. The topological polar surface area (TPSA) is 67.9 Å². The number of nitrogens with one attached hydrogen (secondary N) is 1. The van der Waals surface area contributed by atoms with E-state index in [1.54, 1.807) is 24.3 Å². The molecule has 158 valence electrons. The van der Waals surface area contributed by atoms with E-state index in [1.807, 2.05) is 0 Å². The van der Waals surface area contributed by atoms with Gasteiger partial charge >= 0.3 is 0 Å². The fourth-order valence-corrected chi connectivity index (χ4v) is 4.12. The predicted molar refractivity (Wildman–Crippen MR) is 115 cm³/mol. The van der Waals surface area contributed by atoms with Crippen LogP contribution in [-0.4, -0.2) is 47.9 Å². The summed E-state index contributed by atoms with van der Waals surface area (Å²) in [5, 5.41) is 0. The van der Waals surface area contributed by atoms with Crippen LogP contribution in [0.25, 0.3) is 0 Å². The van der Waals surface area contributed by atoms with Gasteiger partial charge in [0.05, 0.1) is 24.7 Å². The molecule has 6 nitrogen and oxygen atoms in total. The number of benzene rings is 2. The second-order valence-electron chi connectivity index (χ2n) is 7.59. The Hall–Kier alpha value is -2.09. The van der Waals surface area contributed by atoms with Crippen LogP contribution in [0.2, 0.25) is 0 Å². The van der Waals surface area contributed by atoms with E-state index in [-0.39, 0.29) is 4.90 Å². The molecule has 1 N–H and O–H groups in total. The summed E-state index contributed by atoms with van der Waals surface area (Å²) in [6.45, 7) is 8.42. The molecular formula is C22H30N2O4S. The highest BCUT2D eigenvalue weighted by Gasteiger charge is 2.14. The van der Waals surface area contributed by atoms with E-state index in [9.17, 15) is 8.42 Å². The second kappa shape index (κ2) is 10.1. The number of ether oxygens (including phenoxy) is 2. The number of hydrogen-bond acceptors (Lipinski definition) is 5. The highest BCUT2D eigenvalue weighted by Crippen LogP contribution is 2.18. The standard InChI is InChI=1S/C22H30N2O4S/c1-18(2)17-28-21-7-9-22(10-8-21)29(25,26)23-12-11-19-3-5-20(6-4-19)24-13-15-27-16-14-24/h3-10,18,23H,11-17H2,1-2H3. The van der Waals surface area contributed by atoms with Crippen molar-refractivity contribution in [1.82, 2.24) is 4.72 Å². The fourth-order valence-electron chi connectivity index (χ4n) is 3.09. The molecule has 0 aliphatic carbocycles. The Morgan fingerprint density at radius 2 is 1.69 bits per heavy atom. The van der Waals surface area contributed by atoms with Crippen LogP contribution in [0, 0.1) is 5.92 Å². The Balaban J connectivity index is 1.49. The first-order valence-corrected chi connectivity index (χ1v) is 11.6. The molecule has 1 saturated heterocycles. The van der Waals surface area contributed by atoms with Crippen LogP contribution in [0.1, 0.15) is 19.4 Å². The van der Waals surface area contributed by atoms with Crippen LogP contribution < -0.4 is 14.4 Å². The summed E-state index contributed by atoms with van der Waals surface area (Å²) in [7, 11) is -3.53. The number of sulfonamides is 1. The first-order valence-electron chi connectivity index (χ1n) is 10.1. The molecule has 29 heavy (non-hydrogen) atoms. The quantitative estimate of drug-likeness (QED) is 0.678. The summed E-state index contributed by atoms with van der Waals surface area (Å²) >= 11 is 0. The molecule has 0 radical (unpaired) electrons. The van der Waals surface area contributed by atoms with Crippen LogP contribution in [-0.2, 0) is 21.2 Å². The third-order valence-corrected chi connectivity index (χ3v) is 6.21. The molecule has 7 heteroatoms. The Labute approximate surface area is 173 Å². The van der Waals surface area contributed by atoms with Crippen molar-refractivity contribution in [2.45, 2.75) is 25.2 Å². The van der Waals surface area contributed by atoms with E-state index in [2.05, 4.69) is 47.7 Å². The minimum absolute atomic E-state index is 0.247. The summed E-state index contributed by atoms with van der Waals surface area (Å²) in [5.41, 5.74) is 2.28. The Morgan fingerprint density at radius 1 is 1.03 bits per heavy atom.